The maximum absolute atomic E-state index is 10.5. The van der Waals surface area contributed by atoms with Gasteiger partial charge in [0.1, 0.15) is 12.1 Å². The van der Waals surface area contributed by atoms with Crippen molar-refractivity contribution >= 4 is 5.97 Å². The first-order valence-corrected chi connectivity index (χ1v) is 3.62. The molecule has 0 spiro atoms. The molecule has 0 saturated heterocycles. The third-order valence-electron chi connectivity index (χ3n) is 1.28. The van der Waals surface area contributed by atoms with Crippen molar-refractivity contribution < 1.29 is 9.53 Å². The van der Waals surface area contributed by atoms with E-state index >= 15 is 0 Å². The van der Waals surface area contributed by atoms with E-state index in [2.05, 4.69) is 4.74 Å². The van der Waals surface area contributed by atoms with Crippen molar-refractivity contribution in [1.82, 2.24) is 0 Å². The largest absolute Gasteiger partial charge is 0.430 e. The van der Waals surface area contributed by atoms with Crippen LogP contribution in [0.15, 0.2) is 0 Å². The highest BCUT2D eigenvalue weighted by Gasteiger charge is 2.32. The molecule has 0 atom stereocenters. The molecule has 4 nitrogen and oxygen atoms in total. The van der Waals surface area contributed by atoms with Gasteiger partial charge in [-0.25, -0.2) is 0 Å². The molecule has 0 aliphatic carbocycles. The van der Waals surface area contributed by atoms with Gasteiger partial charge in [0.25, 0.3) is 5.60 Å². The molecule has 0 fully saturated rings. The summed E-state index contributed by atoms with van der Waals surface area (Å²) in [5.41, 5.74) is -1.58. The van der Waals surface area contributed by atoms with E-state index in [-0.39, 0.29) is 6.42 Å². The third-order valence-corrected chi connectivity index (χ3v) is 1.28. The lowest BCUT2D eigenvalue weighted by atomic mass is 10.0. The fourth-order valence-electron chi connectivity index (χ4n) is 0.831. The van der Waals surface area contributed by atoms with Crippen LogP contribution in [-0.2, 0) is 9.53 Å². The van der Waals surface area contributed by atoms with Gasteiger partial charge in [0, 0.05) is 13.3 Å². The van der Waals surface area contributed by atoms with Gasteiger partial charge in [0.2, 0.25) is 0 Å². The summed E-state index contributed by atoms with van der Waals surface area (Å²) in [6.07, 6.45) is 0.869. The van der Waals surface area contributed by atoms with E-state index in [4.69, 9.17) is 10.5 Å². The number of nitrogens with zero attached hydrogens (tertiary/aromatic N) is 2. The van der Waals surface area contributed by atoms with Crippen molar-refractivity contribution in [2.45, 2.75) is 32.3 Å². The standard InChI is InChI=1S/C8H10N2O2/c1-3-4-8(5-9,6-10)12-7(2)11/h3-4H2,1-2H3. The Balaban J connectivity index is 4.52. The normalized spacial score (nSPS) is 9.67. The summed E-state index contributed by atoms with van der Waals surface area (Å²) >= 11 is 0. The van der Waals surface area contributed by atoms with Crippen molar-refractivity contribution in [2.24, 2.45) is 0 Å². The van der Waals surface area contributed by atoms with Crippen LogP contribution in [0, 0.1) is 22.7 Å². The number of hydrogen-bond donors (Lipinski definition) is 0. The van der Waals surface area contributed by atoms with E-state index in [1.807, 2.05) is 6.92 Å². The zero-order valence-corrected chi connectivity index (χ0v) is 7.13. The Kier molecular flexibility index (Phi) is 3.79. The lowest BCUT2D eigenvalue weighted by Crippen LogP contribution is -2.30. The summed E-state index contributed by atoms with van der Waals surface area (Å²) in [7, 11) is 0. The molecule has 0 rings (SSSR count). The quantitative estimate of drug-likeness (QED) is 0.589. The molecular formula is C8H10N2O2. The number of rotatable bonds is 3. The van der Waals surface area contributed by atoms with Crippen LogP contribution in [0.1, 0.15) is 26.7 Å². The molecule has 0 aromatic carbocycles. The Morgan fingerprint density at radius 3 is 2.25 bits per heavy atom. The molecule has 0 aromatic heterocycles. The summed E-state index contributed by atoms with van der Waals surface area (Å²) in [5, 5.41) is 17.2. The number of ether oxygens (including phenoxy) is 1. The predicted molar refractivity (Wildman–Crippen MR) is 40.6 cm³/mol. The average Bonchev–Trinajstić information content (AvgIpc) is 2.03. The van der Waals surface area contributed by atoms with Gasteiger partial charge in [-0.05, 0) is 0 Å². The Morgan fingerprint density at radius 2 is 2.00 bits per heavy atom. The molecule has 0 aromatic rings. The number of hydrogen-bond acceptors (Lipinski definition) is 4. The molecule has 0 aliphatic rings. The van der Waals surface area contributed by atoms with Crippen LogP contribution in [0.5, 0.6) is 0 Å². The minimum Gasteiger partial charge on any atom is -0.430 e. The molecule has 0 N–H and O–H groups in total. The van der Waals surface area contributed by atoms with Crippen LogP contribution in [0.2, 0.25) is 0 Å². The van der Waals surface area contributed by atoms with Crippen LogP contribution in [0.3, 0.4) is 0 Å². The van der Waals surface area contributed by atoms with Gasteiger partial charge in [-0.1, -0.05) is 13.3 Å². The zero-order chi connectivity index (χ0) is 9.61. The fraction of sp³-hybridized carbons (Fsp3) is 0.625. The summed E-state index contributed by atoms with van der Waals surface area (Å²) in [5.74, 6) is -0.605. The van der Waals surface area contributed by atoms with Crippen LogP contribution >= 0.6 is 0 Å². The lowest BCUT2D eigenvalue weighted by molar-refractivity contribution is -0.148. The van der Waals surface area contributed by atoms with Crippen molar-refractivity contribution in [3.8, 4) is 12.1 Å². The SMILES string of the molecule is CCCC(C#N)(C#N)OC(C)=O. The van der Waals surface area contributed by atoms with Gasteiger partial charge >= 0.3 is 5.97 Å². The van der Waals surface area contributed by atoms with Gasteiger partial charge in [-0.15, -0.1) is 0 Å². The summed E-state index contributed by atoms with van der Waals surface area (Å²) in [6, 6.07) is 3.39. The molecule has 0 saturated carbocycles. The fourth-order valence-corrected chi connectivity index (χ4v) is 0.831. The van der Waals surface area contributed by atoms with E-state index in [1.54, 1.807) is 12.1 Å². The first-order chi connectivity index (χ1) is 5.60. The molecule has 0 unspecified atom stereocenters. The minimum atomic E-state index is -1.58. The van der Waals surface area contributed by atoms with Gasteiger partial charge in [-0.3, -0.25) is 4.79 Å². The van der Waals surface area contributed by atoms with Crippen molar-refractivity contribution in [3.05, 3.63) is 0 Å². The van der Waals surface area contributed by atoms with Crippen LogP contribution in [0.25, 0.3) is 0 Å². The monoisotopic (exact) mass is 166 g/mol. The highest BCUT2D eigenvalue weighted by molar-refractivity contribution is 5.67. The second-order valence-corrected chi connectivity index (χ2v) is 2.39. The van der Waals surface area contributed by atoms with Crippen molar-refractivity contribution in [1.29, 1.82) is 10.5 Å². The second-order valence-electron chi connectivity index (χ2n) is 2.39. The minimum absolute atomic E-state index is 0.250. The van der Waals surface area contributed by atoms with Crippen LogP contribution < -0.4 is 0 Å². The molecule has 64 valence electrons. The number of esters is 1. The maximum atomic E-state index is 10.5. The van der Waals surface area contributed by atoms with Gasteiger partial charge in [0.05, 0.1) is 0 Å². The Labute approximate surface area is 71.4 Å². The molecule has 0 radical (unpaired) electrons. The molecule has 0 heterocycles. The number of nitriles is 2. The predicted octanol–water partition coefficient (Wildman–Crippen LogP) is 1.14. The first kappa shape index (κ1) is 10.4. The van der Waals surface area contributed by atoms with E-state index in [9.17, 15) is 4.79 Å². The number of carbonyl (C=O) groups is 1. The van der Waals surface area contributed by atoms with E-state index in [1.165, 1.54) is 6.92 Å². The molecule has 0 amide bonds. The van der Waals surface area contributed by atoms with Gasteiger partial charge in [-0.2, -0.15) is 10.5 Å². The average molecular weight is 166 g/mol. The first-order valence-electron chi connectivity index (χ1n) is 3.62. The molecule has 0 bridgehead atoms. The number of carbonyl (C=O) groups excluding carboxylic acids is 1. The Hall–Kier alpha value is -1.55. The van der Waals surface area contributed by atoms with E-state index in [0.717, 1.165) is 0 Å². The summed E-state index contributed by atoms with van der Waals surface area (Å²) in [6.45, 7) is 2.99. The third kappa shape index (κ3) is 2.59. The molecule has 4 heteroatoms. The molecule has 0 aliphatic heterocycles. The lowest BCUT2D eigenvalue weighted by Gasteiger charge is -2.16. The van der Waals surface area contributed by atoms with Crippen molar-refractivity contribution in [2.75, 3.05) is 0 Å². The molecule has 12 heavy (non-hydrogen) atoms. The highest BCUT2D eigenvalue weighted by atomic mass is 16.6. The topological polar surface area (TPSA) is 73.9 Å². The molecular weight excluding hydrogens is 156 g/mol. The highest BCUT2D eigenvalue weighted by Crippen LogP contribution is 2.16. The second kappa shape index (κ2) is 4.35. The van der Waals surface area contributed by atoms with Crippen LogP contribution in [0.4, 0.5) is 0 Å². The summed E-state index contributed by atoms with van der Waals surface area (Å²) < 4.78 is 4.62. The van der Waals surface area contributed by atoms with E-state index < -0.39 is 11.6 Å². The van der Waals surface area contributed by atoms with Gasteiger partial charge < -0.3 is 4.74 Å². The summed E-state index contributed by atoms with van der Waals surface area (Å²) in [4.78, 5) is 10.5. The zero-order valence-electron chi connectivity index (χ0n) is 7.13. The van der Waals surface area contributed by atoms with E-state index in [0.29, 0.717) is 6.42 Å². The Bertz CT molecular complexity index is 233. The smallest absolute Gasteiger partial charge is 0.305 e. The van der Waals surface area contributed by atoms with Gasteiger partial charge in [0.15, 0.2) is 0 Å². The van der Waals surface area contributed by atoms with Crippen molar-refractivity contribution in [3.63, 3.8) is 0 Å². The Morgan fingerprint density at radius 1 is 1.50 bits per heavy atom. The maximum Gasteiger partial charge on any atom is 0.305 e. The van der Waals surface area contributed by atoms with Crippen LogP contribution in [-0.4, -0.2) is 11.6 Å².